The summed E-state index contributed by atoms with van der Waals surface area (Å²) in [6, 6.07) is 0. The summed E-state index contributed by atoms with van der Waals surface area (Å²) in [5.74, 6) is -0.610. The van der Waals surface area contributed by atoms with Crippen molar-refractivity contribution in [1.29, 1.82) is 0 Å². The molecule has 10 nitrogen and oxygen atoms in total. The molecule has 0 aliphatic heterocycles. The third-order valence-corrected chi connectivity index (χ3v) is 4.22. The molecular weight excluding hydrogens is 354 g/mol. The van der Waals surface area contributed by atoms with Crippen LogP contribution in [0.3, 0.4) is 0 Å². The average molecular weight is 374 g/mol. The number of nitrogen functional groups attached to an aromatic ring is 2. The van der Waals surface area contributed by atoms with Crippen LogP contribution in [0.4, 0.5) is 16.2 Å². The largest absolute Gasteiger partial charge is 0.469 e. The van der Waals surface area contributed by atoms with Crippen molar-refractivity contribution in [2.24, 2.45) is 5.92 Å². The predicted octanol–water partition coefficient (Wildman–Crippen LogP) is 1.02. The Morgan fingerprint density at radius 2 is 2.16 bits per heavy atom. The Morgan fingerprint density at radius 3 is 2.76 bits per heavy atom. The molecule has 0 radical (unpaired) electrons. The van der Waals surface area contributed by atoms with Gasteiger partial charge < -0.3 is 25.8 Å². The van der Waals surface area contributed by atoms with Crippen LogP contribution in [0.5, 0.6) is 0 Å². The van der Waals surface area contributed by atoms with Gasteiger partial charge in [0.05, 0.1) is 19.5 Å². The van der Waals surface area contributed by atoms with E-state index >= 15 is 4.39 Å². The number of nitrogens with two attached hydrogens (primary N) is 2. The Labute approximate surface area is 143 Å². The second kappa shape index (κ2) is 6.68. The molecule has 0 fully saturated rings. The summed E-state index contributed by atoms with van der Waals surface area (Å²) in [5.41, 5.74) is 10.0. The lowest BCUT2D eigenvalue weighted by Gasteiger charge is -2.28. The maximum absolute atomic E-state index is 15.1. The zero-order valence-corrected chi connectivity index (χ0v) is 14.7. The van der Waals surface area contributed by atoms with Crippen LogP contribution in [0.25, 0.3) is 11.2 Å². The molecule has 0 saturated carbocycles. The number of phosphoric acid groups is 1. The molecular formula is C13H20FN6O4P. The molecule has 1 unspecified atom stereocenters. The van der Waals surface area contributed by atoms with Crippen molar-refractivity contribution in [3.05, 3.63) is 18.5 Å². The second-order valence-electron chi connectivity index (χ2n) is 5.92. The number of fused-ring (bicyclic) bond motifs is 1. The van der Waals surface area contributed by atoms with Gasteiger partial charge in [0.2, 0.25) is 5.95 Å². The van der Waals surface area contributed by atoms with E-state index in [4.69, 9.17) is 21.3 Å². The minimum Gasteiger partial charge on any atom is -0.382 e. The van der Waals surface area contributed by atoms with Crippen molar-refractivity contribution in [3.63, 3.8) is 0 Å². The van der Waals surface area contributed by atoms with Crippen LogP contribution in [0.2, 0.25) is 0 Å². The molecule has 6 N–H and O–H groups in total. The third-order valence-electron chi connectivity index (χ3n) is 3.73. The third kappa shape index (κ3) is 4.51. The number of anilines is 2. The molecule has 2 aromatic heterocycles. The summed E-state index contributed by atoms with van der Waals surface area (Å²) < 4.78 is 31.7. The average Bonchev–Trinajstić information content (AvgIpc) is 2.85. The summed E-state index contributed by atoms with van der Waals surface area (Å²) in [6.07, 6.45) is 1.36. The van der Waals surface area contributed by atoms with Crippen molar-refractivity contribution in [3.8, 4) is 0 Å². The first kappa shape index (κ1) is 19.3. The molecule has 2 heterocycles. The van der Waals surface area contributed by atoms with Gasteiger partial charge in [-0.15, -0.1) is 0 Å². The van der Waals surface area contributed by atoms with Crippen LogP contribution >= 0.6 is 7.82 Å². The number of rotatable bonds is 7. The number of hydrogen-bond donors (Lipinski definition) is 4. The highest BCUT2D eigenvalue weighted by molar-refractivity contribution is 7.46. The van der Waals surface area contributed by atoms with E-state index in [9.17, 15) is 4.57 Å². The highest BCUT2D eigenvalue weighted by Gasteiger charge is 2.33. The molecule has 2 atom stereocenters. The lowest BCUT2D eigenvalue weighted by molar-refractivity contribution is 0.151. The first-order valence-electron chi connectivity index (χ1n) is 7.23. The first-order chi connectivity index (χ1) is 11.4. The lowest BCUT2D eigenvalue weighted by Crippen LogP contribution is -2.31. The van der Waals surface area contributed by atoms with Crippen LogP contribution in [-0.4, -0.2) is 41.6 Å². The predicted molar refractivity (Wildman–Crippen MR) is 90.0 cm³/mol. The Hall–Kier alpha value is -2.07. The zero-order valence-electron chi connectivity index (χ0n) is 13.8. The van der Waals surface area contributed by atoms with E-state index in [1.54, 1.807) is 6.92 Å². The van der Waals surface area contributed by atoms with Gasteiger partial charge in [0.1, 0.15) is 11.2 Å². The van der Waals surface area contributed by atoms with Gasteiger partial charge in [-0.2, -0.15) is 9.97 Å². The Kier molecular flexibility index (Phi) is 5.14. The monoisotopic (exact) mass is 374 g/mol. The summed E-state index contributed by atoms with van der Waals surface area (Å²) in [4.78, 5) is 29.3. The molecule has 0 aliphatic carbocycles. The molecule has 0 saturated heterocycles. The number of nitrogens with zero attached hydrogens (tertiary/aromatic N) is 4. The summed E-state index contributed by atoms with van der Waals surface area (Å²) in [6.45, 7) is 5.99. The van der Waals surface area contributed by atoms with E-state index in [1.165, 1.54) is 17.8 Å². The van der Waals surface area contributed by atoms with E-state index in [1.807, 2.05) is 0 Å². The van der Waals surface area contributed by atoms with Crippen LogP contribution in [0.15, 0.2) is 18.5 Å². The number of hydrogen-bond acceptors (Lipinski definition) is 7. The number of alkyl halides is 1. The summed E-state index contributed by atoms with van der Waals surface area (Å²) in [7, 11) is -4.64. The molecule has 12 heteroatoms. The molecule has 0 aromatic carbocycles. The van der Waals surface area contributed by atoms with Crippen molar-refractivity contribution in [1.82, 2.24) is 19.5 Å². The fourth-order valence-electron chi connectivity index (χ4n) is 2.34. The normalized spacial score (nSPS) is 15.9. The van der Waals surface area contributed by atoms with Gasteiger partial charge >= 0.3 is 7.82 Å². The van der Waals surface area contributed by atoms with Crippen molar-refractivity contribution in [2.45, 2.75) is 26.1 Å². The second-order valence-corrected chi connectivity index (χ2v) is 7.16. The highest BCUT2D eigenvalue weighted by atomic mass is 31.2. The number of phosphoric ester groups is 1. The van der Waals surface area contributed by atoms with Crippen LogP contribution in [0, 0.1) is 5.92 Å². The topological polar surface area (TPSA) is 162 Å². The molecule has 0 spiro atoms. The van der Waals surface area contributed by atoms with E-state index in [0.29, 0.717) is 5.52 Å². The molecule has 0 amide bonds. The number of imidazole rings is 1. The van der Waals surface area contributed by atoms with Gasteiger partial charge in [-0.25, -0.2) is 13.9 Å². The number of aromatic nitrogens is 4. The van der Waals surface area contributed by atoms with Gasteiger partial charge in [0.25, 0.3) is 0 Å². The maximum Gasteiger partial charge on any atom is 0.469 e. The molecule has 2 rings (SSSR count). The standard InChI is InChI=1S/C13H20FN6O4P/c1-7(4-24-25(21,22)23)8(2)13(3,14)5-20-6-17-9-10(15)18-12(16)19-11(9)20/h6-7H,2,4-5H2,1,3H3,(H2,21,22,23)(H4,15,16,18,19)/t7-,13?/m1/s1. The molecule has 0 aliphatic rings. The summed E-state index contributed by atoms with van der Waals surface area (Å²) in [5, 5.41) is 0. The van der Waals surface area contributed by atoms with Gasteiger partial charge in [-0.3, -0.25) is 4.52 Å². The van der Waals surface area contributed by atoms with E-state index < -0.39 is 19.4 Å². The number of halogens is 1. The van der Waals surface area contributed by atoms with Crippen molar-refractivity contribution >= 4 is 30.8 Å². The smallest absolute Gasteiger partial charge is 0.382 e. The fraction of sp³-hybridized carbons (Fsp3) is 0.462. The van der Waals surface area contributed by atoms with E-state index in [2.05, 4.69) is 26.1 Å². The molecule has 138 valence electrons. The van der Waals surface area contributed by atoms with Crippen molar-refractivity contribution < 1.29 is 23.3 Å². The van der Waals surface area contributed by atoms with E-state index in [0.717, 1.165) is 0 Å². The lowest BCUT2D eigenvalue weighted by atomic mass is 9.89. The quantitative estimate of drug-likeness (QED) is 0.409. The molecule has 25 heavy (non-hydrogen) atoms. The first-order valence-corrected chi connectivity index (χ1v) is 8.76. The Morgan fingerprint density at radius 1 is 1.52 bits per heavy atom. The van der Waals surface area contributed by atoms with Gasteiger partial charge in [-0.05, 0) is 12.5 Å². The SMILES string of the molecule is C=C([C@H](C)COP(=O)(O)O)C(C)(F)Cn1cnc2c(N)nc(N)nc21. The minimum absolute atomic E-state index is 0.0606. The van der Waals surface area contributed by atoms with Gasteiger partial charge in [-0.1, -0.05) is 13.5 Å². The zero-order chi connectivity index (χ0) is 19.0. The van der Waals surface area contributed by atoms with Crippen LogP contribution in [-0.2, 0) is 15.6 Å². The van der Waals surface area contributed by atoms with Gasteiger partial charge in [0.15, 0.2) is 11.5 Å². The minimum atomic E-state index is -4.64. The Bertz CT molecular complexity index is 848. The van der Waals surface area contributed by atoms with Gasteiger partial charge in [0, 0.05) is 5.92 Å². The highest BCUT2D eigenvalue weighted by Crippen LogP contribution is 2.38. The fourth-order valence-corrected chi connectivity index (χ4v) is 2.76. The Balaban J connectivity index is 2.20. The molecule has 2 aromatic rings. The maximum atomic E-state index is 15.1. The molecule has 0 bridgehead atoms. The van der Waals surface area contributed by atoms with Crippen LogP contribution < -0.4 is 11.5 Å². The van der Waals surface area contributed by atoms with Crippen LogP contribution in [0.1, 0.15) is 13.8 Å². The van der Waals surface area contributed by atoms with E-state index in [-0.39, 0.29) is 36.1 Å². The van der Waals surface area contributed by atoms with Crippen molar-refractivity contribution in [2.75, 3.05) is 18.1 Å². The summed E-state index contributed by atoms with van der Waals surface area (Å²) >= 11 is 0.